The van der Waals surface area contributed by atoms with Gasteiger partial charge in [0.25, 0.3) is 0 Å². The number of aliphatic imine (C=N–C) groups is 1. The molecule has 1 aliphatic heterocycles. The molecule has 4 aromatic rings. The summed E-state index contributed by atoms with van der Waals surface area (Å²) in [5, 5.41) is 12.6. The van der Waals surface area contributed by atoms with E-state index in [-0.39, 0.29) is 26.2 Å². The molecule has 2 N–H and O–H groups in total. The molecular formula is C27H22ClFN4O2. The molecule has 0 bridgehead atoms. The van der Waals surface area contributed by atoms with E-state index in [1.54, 1.807) is 60.8 Å². The molecule has 0 amide bonds. The number of aromatic nitrogens is 2. The van der Waals surface area contributed by atoms with Crippen molar-refractivity contribution >= 4 is 34.9 Å². The first-order valence-electron chi connectivity index (χ1n) is 10.5. The second-order valence-corrected chi connectivity index (χ2v) is 8.23. The van der Waals surface area contributed by atoms with Crippen LogP contribution in [-0.2, 0) is 17.8 Å². The van der Waals surface area contributed by atoms with E-state index in [0.29, 0.717) is 39.1 Å². The largest absolute Gasteiger partial charge is 0.481 e. The third kappa shape index (κ3) is 5.05. The molecule has 5 rings (SSSR count). The highest BCUT2D eigenvalue weighted by atomic mass is 35.5. The van der Waals surface area contributed by atoms with Gasteiger partial charge in [-0.25, -0.2) is 14.4 Å². The number of nitrogens with zero attached hydrogens (tertiary/aromatic N) is 3. The first-order valence-corrected chi connectivity index (χ1v) is 10.9. The van der Waals surface area contributed by atoms with Crippen LogP contribution in [-0.4, -0.2) is 26.8 Å². The van der Waals surface area contributed by atoms with Gasteiger partial charge in [0.2, 0.25) is 5.95 Å². The van der Waals surface area contributed by atoms with Gasteiger partial charge in [-0.1, -0.05) is 49.4 Å². The number of rotatable bonds is 5. The molecule has 3 aromatic carbocycles. The number of halogens is 2. The zero-order valence-electron chi connectivity index (χ0n) is 17.8. The summed E-state index contributed by atoms with van der Waals surface area (Å²) in [7, 11) is 0. The normalized spacial score (nSPS) is 11.9. The number of carbonyl (C=O) groups is 1. The third-order valence-corrected chi connectivity index (χ3v) is 5.69. The minimum absolute atomic E-state index is 0. The molecule has 0 aliphatic carbocycles. The maximum atomic E-state index is 14.7. The van der Waals surface area contributed by atoms with Gasteiger partial charge in [-0.2, -0.15) is 0 Å². The van der Waals surface area contributed by atoms with Crippen molar-refractivity contribution in [2.75, 3.05) is 5.32 Å². The topological polar surface area (TPSA) is 87.5 Å². The Morgan fingerprint density at radius 1 is 1.03 bits per heavy atom. The highest BCUT2D eigenvalue weighted by molar-refractivity contribution is 6.31. The van der Waals surface area contributed by atoms with E-state index in [4.69, 9.17) is 26.7 Å². The predicted molar refractivity (Wildman–Crippen MR) is 136 cm³/mol. The molecule has 8 heteroatoms. The number of carboxylic acids is 1. The molecule has 0 atom stereocenters. The van der Waals surface area contributed by atoms with E-state index >= 15 is 0 Å². The fourth-order valence-corrected chi connectivity index (χ4v) is 4.05. The van der Waals surface area contributed by atoms with Crippen molar-refractivity contribution in [3.05, 3.63) is 106 Å². The van der Waals surface area contributed by atoms with Gasteiger partial charge in [0.05, 0.1) is 24.4 Å². The van der Waals surface area contributed by atoms with E-state index in [9.17, 15) is 9.18 Å². The lowest BCUT2D eigenvalue weighted by molar-refractivity contribution is -0.136. The molecule has 35 heavy (non-hydrogen) atoms. The number of nitrogens with one attached hydrogen (secondary N) is 1. The molecule has 0 spiro atoms. The second kappa shape index (κ2) is 10.0. The summed E-state index contributed by atoms with van der Waals surface area (Å²) in [5.41, 5.74) is 5.29. The van der Waals surface area contributed by atoms with Crippen LogP contribution in [0.25, 0.3) is 11.3 Å². The summed E-state index contributed by atoms with van der Waals surface area (Å²) >= 11 is 6.30. The molecule has 1 aliphatic rings. The average Bonchev–Trinajstić information content (AvgIpc) is 2.97. The molecule has 0 saturated heterocycles. The lowest BCUT2D eigenvalue weighted by Gasteiger charge is -2.13. The Hall–Kier alpha value is -4.10. The molecular weight excluding hydrogens is 467 g/mol. The van der Waals surface area contributed by atoms with Crippen LogP contribution >= 0.6 is 11.6 Å². The lowest BCUT2D eigenvalue weighted by Crippen LogP contribution is -2.07. The molecule has 0 fully saturated rings. The van der Waals surface area contributed by atoms with Gasteiger partial charge in [-0.3, -0.25) is 9.79 Å². The number of anilines is 2. The van der Waals surface area contributed by atoms with Crippen LogP contribution in [0.5, 0.6) is 0 Å². The van der Waals surface area contributed by atoms with Gasteiger partial charge in [-0.15, -0.1) is 0 Å². The average molecular weight is 489 g/mol. The van der Waals surface area contributed by atoms with Crippen molar-refractivity contribution in [2.45, 2.75) is 20.4 Å². The fourth-order valence-electron chi connectivity index (χ4n) is 3.88. The zero-order valence-corrected chi connectivity index (χ0v) is 18.6. The number of hydrogen-bond acceptors (Lipinski definition) is 5. The highest BCUT2D eigenvalue weighted by Crippen LogP contribution is 2.34. The molecule has 6 nitrogen and oxygen atoms in total. The van der Waals surface area contributed by atoms with E-state index < -0.39 is 5.97 Å². The van der Waals surface area contributed by atoms with Crippen LogP contribution in [0.3, 0.4) is 0 Å². The van der Waals surface area contributed by atoms with Crippen molar-refractivity contribution in [1.29, 1.82) is 0 Å². The molecule has 0 saturated carbocycles. The maximum absolute atomic E-state index is 14.7. The Labute approximate surface area is 207 Å². The predicted octanol–water partition coefficient (Wildman–Crippen LogP) is 6.29. The lowest BCUT2D eigenvalue weighted by atomic mass is 9.95. The summed E-state index contributed by atoms with van der Waals surface area (Å²) in [6.07, 6.45) is 1.66. The third-order valence-electron chi connectivity index (χ3n) is 5.46. The second-order valence-electron chi connectivity index (χ2n) is 7.79. The fraction of sp³-hybridized carbons (Fsp3) is 0.111. The Morgan fingerprint density at radius 2 is 1.80 bits per heavy atom. The van der Waals surface area contributed by atoms with Gasteiger partial charge in [0.1, 0.15) is 5.82 Å². The minimum Gasteiger partial charge on any atom is -0.481 e. The number of carboxylic acid groups (broad SMARTS) is 1. The number of aliphatic carboxylic acids is 1. The van der Waals surface area contributed by atoms with Crippen molar-refractivity contribution < 1.29 is 14.3 Å². The van der Waals surface area contributed by atoms with Crippen molar-refractivity contribution in [3.63, 3.8) is 0 Å². The van der Waals surface area contributed by atoms with Gasteiger partial charge in [0, 0.05) is 39.2 Å². The summed E-state index contributed by atoms with van der Waals surface area (Å²) < 4.78 is 14.7. The van der Waals surface area contributed by atoms with Crippen molar-refractivity contribution in [1.82, 2.24) is 9.97 Å². The molecule has 1 aromatic heterocycles. The van der Waals surface area contributed by atoms with E-state index in [2.05, 4.69) is 10.3 Å². The Morgan fingerprint density at radius 3 is 2.54 bits per heavy atom. The van der Waals surface area contributed by atoms with Crippen LogP contribution < -0.4 is 5.32 Å². The summed E-state index contributed by atoms with van der Waals surface area (Å²) in [4.78, 5) is 24.7. The van der Waals surface area contributed by atoms with Crippen molar-refractivity contribution in [3.8, 4) is 11.3 Å². The quantitative estimate of drug-likeness (QED) is 0.344. The Balaban J connectivity index is 0.00000289. The maximum Gasteiger partial charge on any atom is 0.307 e. The van der Waals surface area contributed by atoms with Crippen LogP contribution in [0, 0.1) is 5.82 Å². The van der Waals surface area contributed by atoms with E-state index in [1.165, 1.54) is 6.07 Å². The first kappa shape index (κ1) is 24.0. The molecule has 2 heterocycles. The smallest absolute Gasteiger partial charge is 0.307 e. The SMILES string of the molecule is C.O=C(O)Cc1ccc(Nc2ncc3c(n2)-c2ccc(Cl)cc2C(c2ccccc2F)=NC3)cc1. The van der Waals surface area contributed by atoms with Crippen molar-refractivity contribution in [2.24, 2.45) is 4.99 Å². The van der Waals surface area contributed by atoms with Crippen LogP contribution in [0.15, 0.2) is 77.9 Å². The van der Waals surface area contributed by atoms with Gasteiger partial charge in [-0.05, 0) is 42.0 Å². The molecule has 0 radical (unpaired) electrons. The zero-order chi connectivity index (χ0) is 23.7. The summed E-state index contributed by atoms with van der Waals surface area (Å²) in [6, 6.07) is 19.0. The van der Waals surface area contributed by atoms with Gasteiger partial charge < -0.3 is 10.4 Å². The van der Waals surface area contributed by atoms with Crippen LogP contribution in [0.4, 0.5) is 16.0 Å². The minimum atomic E-state index is -0.884. The Bertz CT molecular complexity index is 1440. The van der Waals surface area contributed by atoms with E-state index in [0.717, 1.165) is 16.8 Å². The number of fused-ring (bicyclic) bond motifs is 3. The Kier molecular flexibility index (Phi) is 6.89. The van der Waals surface area contributed by atoms with Crippen LogP contribution in [0.2, 0.25) is 5.02 Å². The van der Waals surface area contributed by atoms with Gasteiger partial charge >= 0.3 is 5.97 Å². The number of hydrogen-bond donors (Lipinski definition) is 2. The first-order chi connectivity index (χ1) is 16.5. The highest BCUT2D eigenvalue weighted by Gasteiger charge is 2.23. The summed E-state index contributed by atoms with van der Waals surface area (Å²) in [5.74, 6) is -0.872. The monoisotopic (exact) mass is 488 g/mol. The van der Waals surface area contributed by atoms with Crippen LogP contribution in [0.1, 0.15) is 29.7 Å². The summed E-state index contributed by atoms with van der Waals surface area (Å²) in [6.45, 7) is 0.287. The van der Waals surface area contributed by atoms with E-state index in [1.807, 2.05) is 6.07 Å². The standard InChI is InChI=1S/C26H18ClFN4O2.CH4/c27-17-7-10-19-21(12-17)25(20-3-1-2-4-22(20)28)29-13-16-14-30-26(32-24(16)19)31-18-8-5-15(6-9-18)11-23(33)34;/h1-10,12,14H,11,13H2,(H,33,34)(H,30,31,32);1H4. The molecule has 0 unspecified atom stereocenters. The molecule has 176 valence electrons. The number of benzene rings is 3. The van der Waals surface area contributed by atoms with Gasteiger partial charge in [0.15, 0.2) is 0 Å².